The molecule has 0 amide bonds. The Morgan fingerprint density at radius 1 is 1.33 bits per heavy atom. The van der Waals surface area contributed by atoms with Gasteiger partial charge in [0.25, 0.3) is 5.78 Å². The number of aromatic nitrogens is 8. The highest BCUT2D eigenvalue weighted by Crippen LogP contribution is 2.25. The molecule has 21 heavy (non-hydrogen) atoms. The lowest BCUT2D eigenvalue weighted by molar-refractivity contribution is 0.361. The molecular weight excluding hydrogens is 290 g/mol. The van der Waals surface area contributed by atoms with E-state index in [4.69, 9.17) is 0 Å². The van der Waals surface area contributed by atoms with Crippen molar-refractivity contribution in [3.8, 4) is 0 Å². The Morgan fingerprint density at radius 3 is 3.00 bits per heavy atom. The highest BCUT2D eigenvalue weighted by molar-refractivity contribution is 7.99. The molecule has 3 rings (SSSR count). The van der Waals surface area contributed by atoms with Crippen LogP contribution in [0.15, 0.2) is 22.6 Å². The maximum absolute atomic E-state index is 4.32. The fraction of sp³-hybridized carbons (Fsp3) is 0.455. The summed E-state index contributed by atoms with van der Waals surface area (Å²) in [4.78, 5) is 10.5. The van der Waals surface area contributed by atoms with Crippen molar-refractivity contribution in [3.63, 3.8) is 0 Å². The zero-order valence-electron chi connectivity index (χ0n) is 12.0. The largest absolute Gasteiger partial charge is 0.308 e. The van der Waals surface area contributed by atoms with E-state index in [1.165, 1.54) is 18.1 Å². The van der Waals surface area contributed by atoms with E-state index >= 15 is 0 Å². The second kappa shape index (κ2) is 5.74. The topological polar surface area (TPSA) is 89.9 Å². The molecule has 3 aromatic rings. The van der Waals surface area contributed by atoms with Crippen molar-refractivity contribution in [2.24, 2.45) is 0 Å². The molecule has 0 saturated carbocycles. The van der Waals surface area contributed by atoms with Gasteiger partial charge in [-0.25, -0.2) is 9.67 Å². The van der Waals surface area contributed by atoms with Crippen molar-refractivity contribution in [1.82, 2.24) is 44.7 Å². The fourth-order valence-electron chi connectivity index (χ4n) is 1.77. The van der Waals surface area contributed by atoms with Gasteiger partial charge in [-0.15, -0.1) is 5.10 Å². The molecule has 0 aliphatic rings. The molecule has 0 fully saturated rings. The van der Waals surface area contributed by atoms with Crippen molar-refractivity contribution in [2.45, 2.75) is 23.7 Å². The van der Waals surface area contributed by atoms with E-state index in [1.54, 1.807) is 9.20 Å². The Balaban J connectivity index is 1.89. The van der Waals surface area contributed by atoms with Crippen LogP contribution in [-0.4, -0.2) is 65.3 Å². The van der Waals surface area contributed by atoms with Gasteiger partial charge < -0.3 is 4.90 Å². The van der Waals surface area contributed by atoms with Gasteiger partial charge in [0.1, 0.15) is 11.4 Å². The minimum Gasteiger partial charge on any atom is -0.308 e. The van der Waals surface area contributed by atoms with Crippen LogP contribution in [0.2, 0.25) is 0 Å². The number of hydrogen-bond donors (Lipinski definition) is 0. The van der Waals surface area contributed by atoms with Gasteiger partial charge in [-0.3, -0.25) is 0 Å². The van der Waals surface area contributed by atoms with E-state index in [0.717, 1.165) is 29.0 Å². The molecule has 0 aliphatic heterocycles. The Hall–Kier alpha value is -2.07. The van der Waals surface area contributed by atoms with Gasteiger partial charge in [0, 0.05) is 12.2 Å². The van der Waals surface area contributed by atoms with Gasteiger partial charge in [0.2, 0.25) is 5.16 Å². The first-order chi connectivity index (χ1) is 10.1. The molecule has 10 heteroatoms. The third-order valence-corrected chi connectivity index (χ3v) is 3.78. The summed E-state index contributed by atoms with van der Waals surface area (Å²) in [5, 5.41) is 17.6. The first-order valence-corrected chi connectivity index (χ1v) is 7.21. The molecule has 0 radical (unpaired) electrons. The normalized spacial score (nSPS) is 11.6. The van der Waals surface area contributed by atoms with Crippen LogP contribution in [0.5, 0.6) is 0 Å². The van der Waals surface area contributed by atoms with E-state index in [2.05, 4.69) is 35.5 Å². The van der Waals surface area contributed by atoms with Crippen LogP contribution in [0.25, 0.3) is 5.78 Å². The lowest BCUT2D eigenvalue weighted by atomic mass is 10.5. The summed E-state index contributed by atoms with van der Waals surface area (Å²) in [6.07, 6.45) is 1.49. The van der Waals surface area contributed by atoms with E-state index in [9.17, 15) is 0 Å². The summed E-state index contributed by atoms with van der Waals surface area (Å²) in [6, 6.07) is 1.94. The van der Waals surface area contributed by atoms with Crippen molar-refractivity contribution >= 4 is 17.5 Å². The molecule has 0 bridgehead atoms. The van der Waals surface area contributed by atoms with Gasteiger partial charge >= 0.3 is 0 Å². The number of fused-ring (bicyclic) bond motifs is 1. The van der Waals surface area contributed by atoms with Gasteiger partial charge in [-0.2, -0.15) is 14.6 Å². The number of nitrogens with zero attached hydrogens (tertiary/aromatic N) is 9. The van der Waals surface area contributed by atoms with Crippen LogP contribution < -0.4 is 0 Å². The zero-order chi connectivity index (χ0) is 14.8. The van der Waals surface area contributed by atoms with Crippen LogP contribution in [0.4, 0.5) is 0 Å². The lowest BCUT2D eigenvalue weighted by Crippen LogP contribution is -2.19. The van der Waals surface area contributed by atoms with Crippen molar-refractivity contribution < 1.29 is 0 Å². The van der Waals surface area contributed by atoms with Crippen molar-refractivity contribution in [2.75, 3.05) is 20.6 Å². The average Bonchev–Trinajstić information content (AvgIpc) is 3.05. The van der Waals surface area contributed by atoms with Crippen LogP contribution in [0.3, 0.4) is 0 Å². The first kappa shape index (κ1) is 13.9. The number of likely N-dealkylation sites (N-methyl/N-ethyl adjacent to an activating group) is 1. The van der Waals surface area contributed by atoms with Crippen LogP contribution in [0.1, 0.15) is 5.69 Å². The molecule has 0 N–H and O–H groups in total. The van der Waals surface area contributed by atoms with Crippen molar-refractivity contribution in [3.05, 3.63) is 18.1 Å². The highest BCUT2D eigenvalue weighted by Gasteiger charge is 2.13. The van der Waals surface area contributed by atoms with E-state index < -0.39 is 0 Å². The molecule has 0 saturated heterocycles. The summed E-state index contributed by atoms with van der Waals surface area (Å²) in [5.74, 6) is 0.574. The number of hydrogen-bond acceptors (Lipinski definition) is 8. The second-order valence-corrected chi connectivity index (χ2v) is 5.79. The zero-order valence-corrected chi connectivity index (χ0v) is 12.8. The van der Waals surface area contributed by atoms with Gasteiger partial charge in [0.15, 0.2) is 0 Å². The summed E-state index contributed by atoms with van der Waals surface area (Å²) in [5.41, 5.74) is 0.880. The average molecular weight is 305 g/mol. The minimum atomic E-state index is 0.574. The smallest absolute Gasteiger partial charge is 0.253 e. The summed E-state index contributed by atoms with van der Waals surface area (Å²) in [6.45, 7) is 3.52. The molecular formula is C11H15N9S. The van der Waals surface area contributed by atoms with Gasteiger partial charge in [-0.05, 0) is 49.3 Å². The minimum absolute atomic E-state index is 0.574. The molecule has 3 aromatic heterocycles. The summed E-state index contributed by atoms with van der Waals surface area (Å²) < 4.78 is 3.46. The molecule has 110 valence electrons. The fourth-order valence-corrected chi connectivity index (χ4v) is 2.71. The Bertz CT molecular complexity index is 747. The van der Waals surface area contributed by atoms with E-state index in [0.29, 0.717) is 5.78 Å². The summed E-state index contributed by atoms with van der Waals surface area (Å²) >= 11 is 1.45. The van der Waals surface area contributed by atoms with Crippen LogP contribution >= 0.6 is 11.8 Å². The molecule has 3 heterocycles. The van der Waals surface area contributed by atoms with E-state index in [-0.39, 0.29) is 0 Å². The summed E-state index contributed by atoms with van der Waals surface area (Å²) in [7, 11) is 4.03. The predicted molar refractivity (Wildman–Crippen MR) is 76.0 cm³/mol. The number of rotatable bonds is 5. The maximum Gasteiger partial charge on any atom is 0.253 e. The Morgan fingerprint density at radius 2 is 2.19 bits per heavy atom. The SMILES string of the molecule is Cc1cc(Sc2nnnn2CCN(C)C)n2ncnc2n1. The van der Waals surface area contributed by atoms with E-state index in [1.807, 2.05) is 27.1 Å². The molecule has 0 spiro atoms. The molecule has 0 aliphatic carbocycles. The predicted octanol–water partition coefficient (Wildman–Crippen LogP) is 0.132. The third-order valence-electron chi connectivity index (χ3n) is 2.80. The third kappa shape index (κ3) is 3.00. The van der Waals surface area contributed by atoms with Crippen LogP contribution in [-0.2, 0) is 6.54 Å². The quantitative estimate of drug-likeness (QED) is 0.615. The molecule has 9 nitrogen and oxygen atoms in total. The van der Waals surface area contributed by atoms with Gasteiger partial charge in [0.05, 0.1) is 6.54 Å². The monoisotopic (exact) mass is 305 g/mol. The number of tetrazole rings is 1. The Labute approximate surface area is 125 Å². The second-order valence-electron chi connectivity index (χ2n) is 4.80. The standard InChI is InChI=1S/C11H15N9S/c1-8-6-9(20-10(14-8)12-7-13-20)21-11-15-16-17-19(11)5-4-18(2)3/h6-7H,4-5H2,1-3H3. The maximum atomic E-state index is 4.32. The highest BCUT2D eigenvalue weighted by atomic mass is 32.2. The molecule has 0 unspecified atom stereocenters. The lowest BCUT2D eigenvalue weighted by Gasteiger charge is -2.10. The van der Waals surface area contributed by atoms with Crippen molar-refractivity contribution in [1.29, 1.82) is 0 Å². The number of aryl methyl sites for hydroxylation is 1. The molecule has 0 atom stereocenters. The first-order valence-electron chi connectivity index (χ1n) is 6.39. The molecule has 0 aromatic carbocycles. The Kier molecular flexibility index (Phi) is 3.80. The van der Waals surface area contributed by atoms with Crippen LogP contribution in [0, 0.1) is 6.92 Å². The van der Waals surface area contributed by atoms with Gasteiger partial charge in [-0.1, -0.05) is 0 Å².